The van der Waals surface area contributed by atoms with E-state index < -0.39 is 24.1 Å². The van der Waals surface area contributed by atoms with Gasteiger partial charge in [0.05, 0.1) is 6.10 Å². The highest BCUT2D eigenvalue weighted by atomic mass is 35.5. The fourth-order valence-corrected chi connectivity index (χ4v) is 1.50. The molecule has 1 aromatic heterocycles. The third-order valence-corrected chi connectivity index (χ3v) is 2.40. The van der Waals surface area contributed by atoms with Crippen LogP contribution in [-0.2, 0) is 6.18 Å². The Labute approximate surface area is 101 Å². The number of hydrogen-bond acceptors (Lipinski definition) is 3. The Morgan fingerprint density at radius 2 is 2.00 bits per heavy atom. The van der Waals surface area contributed by atoms with Gasteiger partial charge in [0, 0.05) is 12.1 Å². The van der Waals surface area contributed by atoms with Crippen LogP contribution in [0.5, 0.6) is 0 Å². The summed E-state index contributed by atoms with van der Waals surface area (Å²) in [5, 5.41) is 19.0. The molecule has 1 aromatic rings. The summed E-state index contributed by atoms with van der Waals surface area (Å²) < 4.78 is 37.1. The smallest absolute Gasteiger partial charge is 0.390 e. The van der Waals surface area contributed by atoms with Crippen LogP contribution in [0.2, 0.25) is 0 Å². The zero-order chi connectivity index (χ0) is 13.1. The van der Waals surface area contributed by atoms with E-state index in [0.29, 0.717) is 6.07 Å². The van der Waals surface area contributed by atoms with Crippen molar-refractivity contribution in [1.82, 2.24) is 4.98 Å². The van der Waals surface area contributed by atoms with Crippen LogP contribution in [0.1, 0.15) is 23.8 Å². The fraction of sp³-hybridized carbons (Fsp3) is 0.500. The zero-order valence-electron chi connectivity index (χ0n) is 8.65. The molecule has 1 heterocycles. The van der Waals surface area contributed by atoms with Gasteiger partial charge in [0.1, 0.15) is 11.8 Å². The molecule has 2 N–H and O–H groups in total. The van der Waals surface area contributed by atoms with Crippen molar-refractivity contribution in [2.24, 2.45) is 0 Å². The van der Waals surface area contributed by atoms with Gasteiger partial charge in [-0.25, -0.2) is 0 Å². The Balaban J connectivity index is 2.92. The number of halogens is 4. The van der Waals surface area contributed by atoms with Crippen molar-refractivity contribution in [3.63, 3.8) is 0 Å². The molecule has 3 nitrogen and oxygen atoms in total. The lowest BCUT2D eigenvalue weighted by Gasteiger charge is -2.17. The molecular weight excluding hydrogens is 259 g/mol. The maximum atomic E-state index is 12.4. The monoisotopic (exact) mass is 269 g/mol. The lowest BCUT2D eigenvalue weighted by atomic mass is 10.0. The van der Waals surface area contributed by atoms with Gasteiger partial charge in [-0.05, 0) is 24.1 Å². The number of alkyl halides is 4. The summed E-state index contributed by atoms with van der Waals surface area (Å²) in [6.45, 7) is 0. The molecule has 0 spiro atoms. The van der Waals surface area contributed by atoms with Gasteiger partial charge in [-0.1, -0.05) is 0 Å². The van der Waals surface area contributed by atoms with Gasteiger partial charge in [-0.15, -0.1) is 11.6 Å². The Morgan fingerprint density at radius 1 is 1.35 bits per heavy atom. The van der Waals surface area contributed by atoms with E-state index in [1.165, 1.54) is 6.07 Å². The highest BCUT2D eigenvalue weighted by Crippen LogP contribution is 2.29. The second kappa shape index (κ2) is 5.66. The van der Waals surface area contributed by atoms with E-state index in [0.717, 1.165) is 6.20 Å². The van der Waals surface area contributed by atoms with Crippen LogP contribution >= 0.6 is 11.6 Å². The molecule has 0 saturated carbocycles. The summed E-state index contributed by atoms with van der Waals surface area (Å²) in [5.41, 5.74) is -1.14. The molecule has 0 amide bonds. The van der Waals surface area contributed by atoms with Crippen LogP contribution < -0.4 is 0 Å². The van der Waals surface area contributed by atoms with E-state index >= 15 is 0 Å². The zero-order valence-corrected chi connectivity index (χ0v) is 9.41. The van der Waals surface area contributed by atoms with Crippen molar-refractivity contribution < 1.29 is 23.4 Å². The molecule has 0 aliphatic heterocycles. The molecule has 96 valence electrons. The fourth-order valence-electron chi connectivity index (χ4n) is 1.28. The summed E-state index contributed by atoms with van der Waals surface area (Å²) >= 11 is 5.37. The van der Waals surface area contributed by atoms with E-state index in [4.69, 9.17) is 11.6 Å². The van der Waals surface area contributed by atoms with Crippen molar-refractivity contribution in [2.75, 3.05) is 5.88 Å². The highest BCUT2D eigenvalue weighted by Gasteiger charge is 2.33. The van der Waals surface area contributed by atoms with Crippen molar-refractivity contribution in [2.45, 2.75) is 24.8 Å². The Bertz CT molecular complexity index is 373. The topological polar surface area (TPSA) is 53.4 Å². The molecule has 7 heteroatoms. The first-order chi connectivity index (χ1) is 7.86. The summed E-state index contributed by atoms with van der Waals surface area (Å²) in [4.78, 5) is 3.15. The van der Waals surface area contributed by atoms with Crippen molar-refractivity contribution in [1.29, 1.82) is 0 Å². The molecule has 0 aromatic carbocycles. The molecule has 2 unspecified atom stereocenters. The largest absolute Gasteiger partial charge is 0.433 e. The molecule has 1 rings (SSSR count). The minimum Gasteiger partial charge on any atom is -0.390 e. The van der Waals surface area contributed by atoms with Crippen LogP contribution in [0, 0.1) is 0 Å². The van der Waals surface area contributed by atoms with E-state index in [9.17, 15) is 23.4 Å². The second-order valence-corrected chi connectivity index (χ2v) is 3.84. The number of pyridine rings is 1. The predicted octanol–water partition coefficient (Wildman–Crippen LogP) is 2.12. The maximum Gasteiger partial charge on any atom is 0.433 e. The van der Waals surface area contributed by atoms with E-state index in [1.807, 2.05) is 0 Å². The molecule has 0 fully saturated rings. The number of aliphatic hydroxyl groups is 2. The van der Waals surface area contributed by atoms with Gasteiger partial charge in [-0.3, -0.25) is 4.98 Å². The van der Waals surface area contributed by atoms with Gasteiger partial charge in [0.2, 0.25) is 0 Å². The third kappa shape index (κ3) is 3.83. The average Bonchev–Trinajstić information content (AvgIpc) is 2.27. The van der Waals surface area contributed by atoms with Crippen LogP contribution in [0.25, 0.3) is 0 Å². The molecule has 0 radical (unpaired) electrons. The maximum absolute atomic E-state index is 12.4. The van der Waals surface area contributed by atoms with Gasteiger partial charge < -0.3 is 10.2 Å². The molecule has 2 atom stereocenters. The predicted molar refractivity (Wildman–Crippen MR) is 55.5 cm³/mol. The molecule has 17 heavy (non-hydrogen) atoms. The average molecular weight is 270 g/mol. The Kier molecular flexibility index (Phi) is 4.73. The minimum absolute atomic E-state index is 0.0371. The number of nitrogens with zero attached hydrogens (tertiary/aromatic N) is 1. The van der Waals surface area contributed by atoms with Crippen molar-refractivity contribution in [3.05, 3.63) is 29.6 Å². The lowest BCUT2D eigenvalue weighted by molar-refractivity contribution is -0.141. The van der Waals surface area contributed by atoms with Gasteiger partial charge in [0.25, 0.3) is 0 Å². The standard InChI is InChI=1S/C10H11ClF3NO2/c11-3-1-7(16)9(17)6-2-4-15-8(5-6)10(12,13)14/h2,4-5,7,9,16-17H,1,3H2. The first-order valence-corrected chi connectivity index (χ1v) is 5.35. The lowest BCUT2D eigenvalue weighted by Crippen LogP contribution is -2.19. The molecule has 0 saturated heterocycles. The summed E-state index contributed by atoms with van der Waals surface area (Å²) in [6.07, 6.45) is -6.15. The van der Waals surface area contributed by atoms with E-state index in [1.54, 1.807) is 0 Å². The number of aliphatic hydroxyl groups excluding tert-OH is 2. The Morgan fingerprint density at radius 3 is 2.53 bits per heavy atom. The third-order valence-electron chi connectivity index (χ3n) is 2.19. The summed E-state index contributed by atoms with van der Waals surface area (Å²) in [5.74, 6) is 0.107. The molecular formula is C10H11ClF3NO2. The van der Waals surface area contributed by atoms with Gasteiger partial charge >= 0.3 is 6.18 Å². The van der Waals surface area contributed by atoms with Crippen molar-refractivity contribution >= 4 is 11.6 Å². The van der Waals surface area contributed by atoms with Gasteiger partial charge in [-0.2, -0.15) is 13.2 Å². The SMILES string of the molecule is OC(CCCl)C(O)c1ccnc(C(F)(F)F)c1. The number of aromatic nitrogens is 1. The summed E-state index contributed by atoms with van der Waals surface area (Å²) in [7, 11) is 0. The first kappa shape index (κ1) is 14.2. The highest BCUT2D eigenvalue weighted by molar-refractivity contribution is 6.17. The molecule has 0 aliphatic carbocycles. The Hall–Kier alpha value is -0.850. The minimum atomic E-state index is -4.58. The number of rotatable bonds is 4. The van der Waals surface area contributed by atoms with Crippen LogP contribution in [0.3, 0.4) is 0 Å². The van der Waals surface area contributed by atoms with Crippen LogP contribution in [0.15, 0.2) is 18.3 Å². The quantitative estimate of drug-likeness (QED) is 0.824. The normalized spacial score (nSPS) is 15.6. The van der Waals surface area contributed by atoms with Gasteiger partial charge in [0.15, 0.2) is 0 Å². The molecule has 0 aliphatic rings. The van der Waals surface area contributed by atoms with E-state index in [-0.39, 0.29) is 17.9 Å². The number of hydrogen-bond donors (Lipinski definition) is 2. The van der Waals surface area contributed by atoms with E-state index in [2.05, 4.69) is 4.98 Å². The van der Waals surface area contributed by atoms with Crippen molar-refractivity contribution in [3.8, 4) is 0 Å². The first-order valence-electron chi connectivity index (χ1n) is 4.81. The summed E-state index contributed by atoms with van der Waals surface area (Å²) in [6, 6.07) is 1.93. The van der Waals surface area contributed by atoms with Crippen LogP contribution in [-0.4, -0.2) is 27.2 Å². The molecule has 0 bridgehead atoms. The van der Waals surface area contributed by atoms with Crippen LogP contribution in [0.4, 0.5) is 13.2 Å². The second-order valence-electron chi connectivity index (χ2n) is 3.46.